The van der Waals surface area contributed by atoms with Crippen LogP contribution in [0.1, 0.15) is 47.1 Å². The van der Waals surface area contributed by atoms with Crippen molar-refractivity contribution in [3.05, 3.63) is 65.2 Å². The average molecular weight is 354 g/mol. The van der Waals surface area contributed by atoms with Crippen LogP contribution >= 0.6 is 0 Å². The van der Waals surface area contributed by atoms with Gasteiger partial charge in [0.25, 0.3) is 11.8 Å². The molecule has 0 saturated heterocycles. The van der Waals surface area contributed by atoms with Crippen LogP contribution in [0.25, 0.3) is 0 Å². The number of nitrogens with zero attached hydrogens (tertiary/aromatic N) is 1. The van der Waals surface area contributed by atoms with Crippen LogP contribution in [0.4, 0.5) is 0 Å². The molecule has 0 saturated carbocycles. The molecule has 26 heavy (non-hydrogen) atoms. The van der Waals surface area contributed by atoms with E-state index in [-0.39, 0.29) is 11.8 Å². The van der Waals surface area contributed by atoms with Crippen LogP contribution in [0.3, 0.4) is 0 Å². The van der Waals surface area contributed by atoms with Crippen LogP contribution in [0.15, 0.2) is 48.5 Å². The van der Waals surface area contributed by atoms with Crippen molar-refractivity contribution >= 4 is 11.8 Å². The van der Waals surface area contributed by atoms with Crippen LogP contribution in [-0.2, 0) is 6.54 Å². The normalized spacial score (nSPS) is 10.3. The summed E-state index contributed by atoms with van der Waals surface area (Å²) in [5, 5.41) is 2.89. The predicted molar refractivity (Wildman–Crippen MR) is 102 cm³/mol. The summed E-state index contributed by atoms with van der Waals surface area (Å²) in [6, 6.07) is 14.4. The van der Waals surface area contributed by atoms with Crippen molar-refractivity contribution < 1.29 is 14.3 Å². The molecule has 0 aromatic heterocycles. The van der Waals surface area contributed by atoms with Crippen LogP contribution < -0.4 is 10.1 Å². The third-order valence-electron chi connectivity index (χ3n) is 4.11. The number of hydrogen-bond acceptors (Lipinski definition) is 3. The Balaban J connectivity index is 1.96. The minimum absolute atomic E-state index is 0.0262. The molecule has 0 fully saturated rings. The van der Waals surface area contributed by atoms with E-state index in [2.05, 4.69) is 5.32 Å². The van der Waals surface area contributed by atoms with Crippen molar-refractivity contribution in [3.8, 4) is 5.75 Å². The largest absolute Gasteiger partial charge is 0.494 e. The lowest BCUT2D eigenvalue weighted by Crippen LogP contribution is -2.30. The molecule has 138 valence electrons. The molecule has 0 heterocycles. The summed E-state index contributed by atoms with van der Waals surface area (Å²) in [6.45, 7) is 8.17. The fourth-order valence-corrected chi connectivity index (χ4v) is 2.64. The Labute approximate surface area is 155 Å². The lowest BCUT2D eigenvalue weighted by molar-refractivity contribution is 0.0772. The molecular weight excluding hydrogens is 328 g/mol. The maximum absolute atomic E-state index is 12.3. The summed E-state index contributed by atoms with van der Waals surface area (Å²) >= 11 is 0. The molecule has 2 aromatic carbocycles. The van der Waals surface area contributed by atoms with Crippen LogP contribution in [0, 0.1) is 0 Å². The van der Waals surface area contributed by atoms with Gasteiger partial charge in [-0.05, 0) is 56.7 Å². The number of ether oxygens (including phenoxy) is 1. The zero-order valence-electron chi connectivity index (χ0n) is 15.6. The SMILES string of the molecule is CCOc1cccc(C(=O)NCc2ccc(C(=O)N(CC)CC)cc2)c1. The van der Waals surface area contributed by atoms with Gasteiger partial charge >= 0.3 is 0 Å². The molecule has 0 bridgehead atoms. The first kappa shape index (κ1) is 19.5. The number of amides is 2. The number of carbonyl (C=O) groups is 2. The maximum atomic E-state index is 12.3. The van der Waals surface area contributed by atoms with Gasteiger partial charge in [-0.25, -0.2) is 0 Å². The zero-order valence-corrected chi connectivity index (χ0v) is 15.6. The third-order valence-corrected chi connectivity index (χ3v) is 4.11. The van der Waals surface area contributed by atoms with Crippen molar-refractivity contribution in [2.45, 2.75) is 27.3 Å². The first-order chi connectivity index (χ1) is 12.6. The molecule has 0 aliphatic rings. The highest BCUT2D eigenvalue weighted by molar-refractivity contribution is 5.95. The maximum Gasteiger partial charge on any atom is 0.253 e. The standard InChI is InChI=1S/C21H26N2O3/c1-4-23(5-2)21(25)17-12-10-16(11-13-17)15-22-20(24)18-8-7-9-19(14-18)26-6-3/h7-14H,4-6,15H2,1-3H3,(H,22,24). The van der Waals surface area contributed by atoms with Gasteiger partial charge < -0.3 is 15.0 Å². The molecule has 5 nitrogen and oxygen atoms in total. The second kappa shape index (κ2) is 9.61. The molecule has 2 aromatic rings. The Kier molecular flexibility index (Phi) is 7.21. The molecule has 2 amide bonds. The van der Waals surface area contributed by atoms with E-state index in [4.69, 9.17) is 4.74 Å². The topological polar surface area (TPSA) is 58.6 Å². The predicted octanol–water partition coefficient (Wildman–Crippen LogP) is 3.50. The van der Waals surface area contributed by atoms with Crippen LogP contribution in [0.2, 0.25) is 0 Å². The first-order valence-electron chi connectivity index (χ1n) is 8.98. The molecule has 5 heteroatoms. The van der Waals surface area contributed by atoms with Gasteiger partial charge in [-0.3, -0.25) is 9.59 Å². The molecule has 0 unspecified atom stereocenters. The Hall–Kier alpha value is -2.82. The van der Waals surface area contributed by atoms with Gasteiger partial charge in [0.1, 0.15) is 5.75 Å². The summed E-state index contributed by atoms with van der Waals surface area (Å²) in [5.41, 5.74) is 2.16. The minimum Gasteiger partial charge on any atom is -0.494 e. The number of carbonyl (C=O) groups excluding carboxylic acids is 2. The number of nitrogens with one attached hydrogen (secondary N) is 1. The average Bonchev–Trinajstić information content (AvgIpc) is 2.68. The van der Waals surface area contributed by atoms with Gasteiger partial charge in [-0.15, -0.1) is 0 Å². The molecular formula is C21H26N2O3. The third kappa shape index (κ3) is 5.09. The molecule has 2 rings (SSSR count). The number of benzene rings is 2. The van der Waals surface area contributed by atoms with E-state index in [1.165, 1.54) is 0 Å². The van der Waals surface area contributed by atoms with Crippen molar-refractivity contribution in [1.82, 2.24) is 10.2 Å². The Morgan fingerprint density at radius 1 is 0.962 bits per heavy atom. The van der Waals surface area contributed by atoms with Gasteiger partial charge in [0.15, 0.2) is 0 Å². The van der Waals surface area contributed by atoms with E-state index in [0.717, 1.165) is 5.56 Å². The van der Waals surface area contributed by atoms with Gasteiger partial charge in [-0.1, -0.05) is 18.2 Å². The van der Waals surface area contributed by atoms with E-state index in [1.54, 1.807) is 35.2 Å². The van der Waals surface area contributed by atoms with Gasteiger partial charge in [0.05, 0.1) is 6.61 Å². The van der Waals surface area contributed by atoms with Crippen LogP contribution in [-0.4, -0.2) is 36.4 Å². The number of hydrogen-bond donors (Lipinski definition) is 1. The highest BCUT2D eigenvalue weighted by atomic mass is 16.5. The van der Waals surface area contributed by atoms with Gasteiger partial charge in [0, 0.05) is 30.8 Å². The molecule has 0 spiro atoms. The molecule has 0 aliphatic heterocycles. The van der Waals surface area contributed by atoms with Crippen LogP contribution in [0.5, 0.6) is 5.75 Å². The zero-order chi connectivity index (χ0) is 18.9. The minimum atomic E-state index is -0.158. The van der Waals surface area contributed by atoms with E-state index in [0.29, 0.717) is 43.1 Å². The summed E-state index contributed by atoms with van der Waals surface area (Å²) in [4.78, 5) is 26.4. The summed E-state index contributed by atoms with van der Waals surface area (Å²) < 4.78 is 5.42. The molecule has 0 atom stereocenters. The fraction of sp³-hybridized carbons (Fsp3) is 0.333. The lowest BCUT2D eigenvalue weighted by atomic mass is 10.1. The molecule has 0 radical (unpaired) electrons. The van der Waals surface area contributed by atoms with Crippen molar-refractivity contribution in [3.63, 3.8) is 0 Å². The fourth-order valence-electron chi connectivity index (χ4n) is 2.64. The van der Waals surface area contributed by atoms with Gasteiger partial charge in [-0.2, -0.15) is 0 Å². The summed E-state index contributed by atoms with van der Waals surface area (Å²) in [7, 11) is 0. The second-order valence-corrected chi connectivity index (χ2v) is 5.82. The first-order valence-corrected chi connectivity index (χ1v) is 8.98. The molecule has 1 N–H and O–H groups in total. The Morgan fingerprint density at radius 3 is 2.27 bits per heavy atom. The Morgan fingerprint density at radius 2 is 1.65 bits per heavy atom. The summed E-state index contributed by atoms with van der Waals surface area (Å²) in [6.07, 6.45) is 0. The monoisotopic (exact) mass is 354 g/mol. The summed E-state index contributed by atoms with van der Waals surface area (Å²) in [5.74, 6) is 0.549. The van der Waals surface area contributed by atoms with Crippen molar-refractivity contribution in [2.24, 2.45) is 0 Å². The van der Waals surface area contributed by atoms with E-state index < -0.39 is 0 Å². The molecule has 0 aliphatic carbocycles. The second-order valence-electron chi connectivity index (χ2n) is 5.82. The Bertz CT molecular complexity index is 737. The van der Waals surface area contributed by atoms with E-state index in [9.17, 15) is 9.59 Å². The van der Waals surface area contributed by atoms with Gasteiger partial charge in [0.2, 0.25) is 0 Å². The smallest absolute Gasteiger partial charge is 0.253 e. The highest BCUT2D eigenvalue weighted by Gasteiger charge is 2.12. The number of rotatable bonds is 8. The highest BCUT2D eigenvalue weighted by Crippen LogP contribution is 2.13. The van der Waals surface area contributed by atoms with E-state index in [1.807, 2.05) is 39.0 Å². The lowest BCUT2D eigenvalue weighted by Gasteiger charge is -2.18. The quantitative estimate of drug-likeness (QED) is 0.789. The van der Waals surface area contributed by atoms with Crippen molar-refractivity contribution in [2.75, 3.05) is 19.7 Å². The van der Waals surface area contributed by atoms with Crippen molar-refractivity contribution in [1.29, 1.82) is 0 Å². The van der Waals surface area contributed by atoms with E-state index >= 15 is 0 Å².